The Morgan fingerprint density at radius 3 is 2.70 bits per heavy atom. The Hall–Kier alpha value is -1.22. The molecule has 0 radical (unpaired) electrons. The quantitative estimate of drug-likeness (QED) is 0.896. The molecule has 2 aromatic rings. The first-order chi connectivity index (χ1) is 9.29. The first-order valence-electron chi connectivity index (χ1n) is 5.43. The van der Waals surface area contributed by atoms with Gasteiger partial charge in [-0.05, 0) is 24.6 Å². The number of aryl methyl sites for hydroxylation is 1. The van der Waals surface area contributed by atoms with E-state index >= 15 is 0 Å². The number of sulfonamides is 1. The van der Waals surface area contributed by atoms with E-state index in [1.165, 1.54) is 19.1 Å². The van der Waals surface area contributed by atoms with Gasteiger partial charge in [-0.15, -0.1) is 0 Å². The van der Waals surface area contributed by atoms with Crippen LogP contribution in [0.4, 0.5) is 4.39 Å². The summed E-state index contributed by atoms with van der Waals surface area (Å²) in [6, 6.07) is 3.92. The minimum absolute atomic E-state index is 0.0478. The van der Waals surface area contributed by atoms with Gasteiger partial charge >= 0.3 is 4.87 Å². The number of thiazole rings is 1. The van der Waals surface area contributed by atoms with Gasteiger partial charge in [0.25, 0.3) is 10.0 Å². The first-order valence-corrected chi connectivity index (χ1v) is 8.10. The normalized spacial score (nSPS) is 11.8. The SMILES string of the molecule is Cc1[nH]c(=O)sc1S(=O)(=O)NCc1ccc(F)c(Cl)c1. The monoisotopic (exact) mass is 336 g/mol. The topological polar surface area (TPSA) is 79.0 Å². The van der Waals surface area contributed by atoms with Crippen molar-refractivity contribution < 1.29 is 12.8 Å². The highest BCUT2D eigenvalue weighted by Gasteiger charge is 2.20. The lowest BCUT2D eigenvalue weighted by Crippen LogP contribution is -2.23. The summed E-state index contributed by atoms with van der Waals surface area (Å²) in [6.07, 6.45) is 0. The fourth-order valence-electron chi connectivity index (χ4n) is 1.54. The van der Waals surface area contributed by atoms with E-state index < -0.39 is 20.7 Å². The molecular weight excluding hydrogens is 327 g/mol. The number of hydrogen-bond acceptors (Lipinski definition) is 4. The largest absolute Gasteiger partial charge is 0.315 e. The molecule has 0 amide bonds. The summed E-state index contributed by atoms with van der Waals surface area (Å²) in [5, 5.41) is -0.0795. The second-order valence-corrected chi connectivity index (χ2v) is 7.35. The molecule has 0 bridgehead atoms. The van der Waals surface area contributed by atoms with Crippen LogP contribution in [0, 0.1) is 12.7 Å². The van der Waals surface area contributed by atoms with Gasteiger partial charge in [0.15, 0.2) is 4.21 Å². The number of aromatic amines is 1. The number of halogens is 2. The van der Waals surface area contributed by atoms with Crippen molar-refractivity contribution in [2.24, 2.45) is 0 Å². The van der Waals surface area contributed by atoms with Gasteiger partial charge < -0.3 is 4.98 Å². The predicted molar refractivity (Wildman–Crippen MR) is 75.1 cm³/mol. The molecule has 0 unspecified atom stereocenters. The number of rotatable bonds is 4. The van der Waals surface area contributed by atoms with Crippen LogP contribution in [0.5, 0.6) is 0 Å². The summed E-state index contributed by atoms with van der Waals surface area (Å²) in [7, 11) is -3.79. The molecule has 2 rings (SSSR count). The summed E-state index contributed by atoms with van der Waals surface area (Å²) >= 11 is 6.23. The summed E-state index contributed by atoms with van der Waals surface area (Å²) < 4.78 is 39.3. The summed E-state index contributed by atoms with van der Waals surface area (Å²) in [5.74, 6) is -0.571. The molecule has 1 aromatic heterocycles. The van der Waals surface area contributed by atoms with E-state index in [0.29, 0.717) is 16.9 Å². The zero-order valence-electron chi connectivity index (χ0n) is 10.2. The Morgan fingerprint density at radius 1 is 1.45 bits per heavy atom. The Balaban J connectivity index is 2.19. The molecule has 0 aliphatic rings. The molecule has 0 saturated heterocycles. The molecule has 1 aromatic carbocycles. The van der Waals surface area contributed by atoms with Gasteiger partial charge in [-0.3, -0.25) is 4.79 Å². The smallest absolute Gasteiger partial charge is 0.305 e. The maximum Gasteiger partial charge on any atom is 0.305 e. The highest BCUT2D eigenvalue weighted by molar-refractivity contribution is 7.91. The van der Waals surface area contributed by atoms with Crippen LogP contribution in [0.3, 0.4) is 0 Å². The second-order valence-electron chi connectivity index (χ2n) is 4.00. The lowest BCUT2D eigenvalue weighted by Gasteiger charge is -2.06. The highest BCUT2D eigenvalue weighted by Crippen LogP contribution is 2.18. The van der Waals surface area contributed by atoms with Crippen molar-refractivity contribution in [1.82, 2.24) is 9.71 Å². The second kappa shape index (κ2) is 5.65. The van der Waals surface area contributed by atoms with Gasteiger partial charge in [0.1, 0.15) is 5.82 Å². The lowest BCUT2D eigenvalue weighted by atomic mass is 10.2. The molecule has 9 heteroatoms. The molecule has 2 N–H and O–H groups in total. The number of nitrogens with one attached hydrogen (secondary N) is 2. The third-order valence-electron chi connectivity index (χ3n) is 2.48. The van der Waals surface area contributed by atoms with E-state index in [1.807, 2.05) is 0 Å². The number of aromatic nitrogens is 1. The Labute approximate surface area is 123 Å². The van der Waals surface area contributed by atoms with Crippen LogP contribution in [0.2, 0.25) is 5.02 Å². The van der Waals surface area contributed by atoms with E-state index in [1.54, 1.807) is 0 Å². The molecule has 0 spiro atoms. The molecule has 0 atom stereocenters. The third kappa shape index (κ3) is 3.26. The molecular formula is C11H10ClFN2O3S2. The van der Waals surface area contributed by atoms with E-state index in [4.69, 9.17) is 11.6 Å². The van der Waals surface area contributed by atoms with Gasteiger partial charge in [-0.1, -0.05) is 29.0 Å². The molecule has 108 valence electrons. The van der Waals surface area contributed by atoms with Gasteiger partial charge in [0.2, 0.25) is 0 Å². The zero-order valence-corrected chi connectivity index (χ0v) is 12.6. The van der Waals surface area contributed by atoms with Crippen LogP contribution >= 0.6 is 22.9 Å². The molecule has 5 nitrogen and oxygen atoms in total. The summed E-state index contributed by atoms with van der Waals surface area (Å²) in [6.45, 7) is 1.45. The predicted octanol–water partition coefficient (Wildman–Crippen LogP) is 2.02. The summed E-state index contributed by atoms with van der Waals surface area (Å²) in [4.78, 5) is 13.1. The van der Waals surface area contributed by atoms with Crippen molar-refractivity contribution in [2.45, 2.75) is 17.7 Å². The van der Waals surface area contributed by atoms with Crippen LogP contribution in [0.1, 0.15) is 11.3 Å². The van der Waals surface area contributed by atoms with Gasteiger partial charge in [0, 0.05) is 12.2 Å². The Kier molecular flexibility index (Phi) is 4.28. The van der Waals surface area contributed by atoms with E-state index in [0.717, 1.165) is 6.07 Å². The van der Waals surface area contributed by atoms with Crippen LogP contribution in [-0.4, -0.2) is 13.4 Å². The summed E-state index contributed by atoms with van der Waals surface area (Å²) in [5.41, 5.74) is 0.796. The number of benzene rings is 1. The van der Waals surface area contributed by atoms with Crippen molar-refractivity contribution in [3.05, 3.63) is 50.0 Å². The fraction of sp³-hybridized carbons (Fsp3) is 0.182. The zero-order chi connectivity index (χ0) is 14.9. The fourth-order valence-corrected chi connectivity index (χ4v) is 4.10. The number of H-pyrrole nitrogens is 1. The molecule has 1 heterocycles. The van der Waals surface area contributed by atoms with Crippen LogP contribution < -0.4 is 9.60 Å². The maximum absolute atomic E-state index is 13.0. The first kappa shape index (κ1) is 15.2. The average Bonchev–Trinajstić information content (AvgIpc) is 2.71. The third-order valence-corrected chi connectivity index (χ3v) is 5.77. The van der Waals surface area contributed by atoms with Crippen molar-refractivity contribution in [3.63, 3.8) is 0 Å². The molecule has 0 fully saturated rings. The highest BCUT2D eigenvalue weighted by atomic mass is 35.5. The van der Waals surface area contributed by atoms with Crippen LogP contribution in [0.15, 0.2) is 27.2 Å². The minimum atomic E-state index is -3.79. The molecule has 0 saturated carbocycles. The van der Waals surface area contributed by atoms with Crippen molar-refractivity contribution in [1.29, 1.82) is 0 Å². The Morgan fingerprint density at radius 2 is 2.15 bits per heavy atom. The van der Waals surface area contributed by atoms with Crippen LogP contribution in [0.25, 0.3) is 0 Å². The van der Waals surface area contributed by atoms with Crippen LogP contribution in [-0.2, 0) is 16.6 Å². The van der Waals surface area contributed by atoms with Gasteiger partial charge in [0.05, 0.1) is 5.02 Å². The van der Waals surface area contributed by atoms with Crippen molar-refractivity contribution in [3.8, 4) is 0 Å². The molecule has 20 heavy (non-hydrogen) atoms. The average molecular weight is 337 g/mol. The Bertz CT molecular complexity index is 798. The van der Waals surface area contributed by atoms with Gasteiger partial charge in [-0.25, -0.2) is 17.5 Å². The lowest BCUT2D eigenvalue weighted by molar-refractivity contribution is 0.582. The standard InChI is InChI=1S/C11H10ClFN2O3S2/c1-6-10(19-11(16)15-6)20(17,18)14-5-7-2-3-9(13)8(12)4-7/h2-4,14H,5H2,1H3,(H,15,16). The molecule has 0 aliphatic heterocycles. The van der Waals surface area contributed by atoms with Crippen molar-refractivity contribution >= 4 is 33.0 Å². The van der Waals surface area contributed by atoms with E-state index in [2.05, 4.69) is 9.71 Å². The molecule has 0 aliphatic carbocycles. The minimum Gasteiger partial charge on any atom is -0.315 e. The number of hydrogen-bond donors (Lipinski definition) is 2. The van der Waals surface area contributed by atoms with E-state index in [9.17, 15) is 17.6 Å². The maximum atomic E-state index is 13.0. The van der Waals surface area contributed by atoms with E-state index in [-0.39, 0.29) is 21.5 Å². The van der Waals surface area contributed by atoms with Gasteiger partial charge in [-0.2, -0.15) is 0 Å². The van der Waals surface area contributed by atoms with Crippen molar-refractivity contribution in [2.75, 3.05) is 0 Å².